The molecule has 0 aliphatic carbocycles. The molecule has 2 rings (SSSR count). The number of carbonyl (C=O) groups excluding carboxylic acids is 1. The van der Waals surface area contributed by atoms with Crippen molar-refractivity contribution >= 4 is 33.2 Å². The van der Waals surface area contributed by atoms with Crippen LogP contribution in [0.2, 0.25) is 0 Å². The lowest BCUT2D eigenvalue weighted by atomic mass is 10.2. The zero-order chi connectivity index (χ0) is 19.0. The molecule has 1 aliphatic heterocycles. The first-order valence-corrected chi connectivity index (χ1v) is 10.8. The number of halogens is 1. The first-order valence-electron chi connectivity index (χ1n) is 8.66. The van der Waals surface area contributed by atoms with E-state index >= 15 is 0 Å². The Labute approximate surface area is 160 Å². The number of nitrogens with zero attached hydrogens (tertiary/aromatic N) is 2. The highest BCUT2D eigenvalue weighted by Gasteiger charge is 2.26. The zero-order valence-corrected chi connectivity index (χ0v) is 16.6. The number of ether oxygens (including phenoxy) is 1. The summed E-state index contributed by atoms with van der Waals surface area (Å²) in [7, 11) is -1.75. The Balaban J connectivity index is 1.79. The molecule has 1 aliphatic rings. The van der Waals surface area contributed by atoms with Gasteiger partial charge in [0.25, 0.3) is 0 Å². The van der Waals surface area contributed by atoms with Gasteiger partial charge in [0, 0.05) is 50.7 Å². The molecule has 9 heteroatoms. The Hall–Kier alpha value is -1.51. The van der Waals surface area contributed by atoms with Crippen LogP contribution in [-0.2, 0) is 14.8 Å². The maximum absolute atomic E-state index is 12.4. The van der Waals surface area contributed by atoms with Crippen LogP contribution in [0.1, 0.15) is 12.8 Å². The molecule has 26 heavy (non-hydrogen) atoms. The van der Waals surface area contributed by atoms with Gasteiger partial charge in [-0.15, -0.1) is 11.6 Å². The Bertz CT molecular complexity index is 674. The van der Waals surface area contributed by atoms with Gasteiger partial charge in [-0.3, -0.25) is 4.79 Å². The van der Waals surface area contributed by atoms with Gasteiger partial charge >= 0.3 is 0 Å². The van der Waals surface area contributed by atoms with Gasteiger partial charge in [0.15, 0.2) is 0 Å². The molecule has 0 spiro atoms. The second kappa shape index (κ2) is 9.99. The molecule has 0 aromatic heterocycles. The Kier molecular flexibility index (Phi) is 7.99. The van der Waals surface area contributed by atoms with E-state index in [4.69, 9.17) is 16.3 Å². The first-order chi connectivity index (χ1) is 12.5. The number of methoxy groups -OCH3 is 1. The average Bonchev–Trinajstić information content (AvgIpc) is 2.66. The number of nitrogens with one attached hydrogen (secondary N) is 1. The Morgan fingerprint density at radius 3 is 2.42 bits per heavy atom. The molecule has 0 bridgehead atoms. The van der Waals surface area contributed by atoms with E-state index in [0.29, 0.717) is 44.9 Å². The summed E-state index contributed by atoms with van der Waals surface area (Å²) in [5.41, 5.74) is 1.05. The molecule has 1 amide bonds. The molecule has 1 heterocycles. The largest absolute Gasteiger partial charge is 0.497 e. The summed E-state index contributed by atoms with van der Waals surface area (Å²) >= 11 is 5.53. The number of alkyl halides is 1. The van der Waals surface area contributed by atoms with Crippen molar-refractivity contribution < 1.29 is 17.9 Å². The standard InChI is InChI=1S/C17H26ClN3O4S/c1-25-16-6-4-15(5-7-16)20-10-12-21(13-11-20)26(23,24)14-9-19-17(22)3-2-8-18/h4-7H,2-3,8-14H2,1H3,(H,19,22). The normalized spacial score (nSPS) is 15.7. The molecule has 7 nitrogen and oxygen atoms in total. The van der Waals surface area contributed by atoms with Crippen LogP contribution >= 0.6 is 11.6 Å². The Morgan fingerprint density at radius 2 is 1.85 bits per heavy atom. The molecule has 0 atom stereocenters. The summed E-state index contributed by atoms with van der Waals surface area (Å²) in [6.07, 6.45) is 0.914. The molecule has 0 radical (unpaired) electrons. The lowest BCUT2D eigenvalue weighted by molar-refractivity contribution is -0.120. The molecular weight excluding hydrogens is 378 g/mol. The molecule has 0 saturated carbocycles. The van der Waals surface area contributed by atoms with Crippen molar-refractivity contribution in [2.75, 3.05) is 56.4 Å². The third-order valence-corrected chi connectivity index (χ3v) is 6.43. The molecule has 1 aromatic rings. The van der Waals surface area contributed by atoms with Crippen LogP contribution in [0.3, 0.4) is 0 Å². The maximum Gasteiger partial charge on any atom is 0.220 e. The fourth-order valence-corrected chi connectivity index (χ4v) is 4.25. The average molecular weight is 404 g/mol. The maximum atomic E-state index is 12.4. The molecule has 1 fully saturated rings. The zero-order valence-electron chi connectivity index (χ0n) is 15.0. The number of anilines is 1. The fourth-order valence-electron chi connectivity index (χ4n) is 2.78. The second-order valence-corrected chi connectivity index (χ2v) is 8.51. The van der Waals surface area contributed by atoms with Crippen molar-refractivity contribution in [3.05, 3.63) is 24.3 Å². The van der Waals surface area contributed by atoms with Crippen molar-refractivity contribution in [1.29, 1.82) is 0 Å². The number of hydrogen-bond donors (Lipinski definition) is 1. The molecule has 1 aromatic carbocycles. The van der Waals surface area contributed by atoms with Crippen LogP contribution in [0, 0.1) is 0 Å². The van der Waals surface area contributed by atoms with Crippen LogP contribution < -0.4 is 15.0 Å². The van der Waals surface area contributed by atoms with Crippen molar-refractivity contribution in [1.82, 2.24) is 9.62 Å². The number of benzene rings is 1. The van der Waals surface area contributed by atoms with Crippen LogP contribution in [-0.4, -0.2) is 70.1 Å². The predicted molar refractivity (Wildman–Crippen MR) is 104 cm³/mol. The lowest BCUT2D eigenvalue weighted by Crippen LogP contribution is -2.50. The number of carbonyl (C=O) groups is 1. The van der Waals surface area contributed by atoms with Gasteiger partial charge in [0.2, 0.25) is 15.9 Å². The van der Waals surface area contributed by atoms with E-state index in [9.17, 15) is 13.2 Å². The molecule has 1 N–H and O–H groups in total. The van der Waals surface area contributed by atoms with E-state index in [0.717, 1.165) is 11.4 Å². The van der Waals surface area contributed by atoms with Gasteiger partial charge in [-0.05, 0) is 30.7 Å². The van der Waals surface area contributed by atoms with Gasteiger partial charge in [0.05, 0.1) is 12.9 Å². The number of amides is 1. The predicted octanol–water partition coefficient (Wildman–Crippen LogP) is 1.28. The highest BCUT2D eigenvalue weighted by molar-refractivity contribution is 7.89. The summed E-state index contributed by atoms with van der Waals surface area (Å²) in [6.45, 7) is 2.27. The monoisotopic (exact) mass is 403 g/mol. The van der Waals surface area contributed by atoms with Crippen LogP contribution in [0.25, 0.3) is 0 Å². The van der Waals surface area contributed by atoms with E-state index < -0.39 is 10.0 Å². The van der Waals surface area contributed by atoms with Crippen molar-refractivity contribution in [3.63, 3.8) is 0 Å². The smallest absolute Gasteiger partial charge is 0.220 e. The summed E-state index contributed by atoms with van der Waals surface area (Å²) in [5, 5.41) is 2.63. The number of sulfonamides is 1. The second-order valence-electron chi connectivity index (χ2n) is 6.04. The number of rotatable bonds is 9. The van der Waals surface area contributed by atoms with Gasteiger partial charge in [-0.25, -0.2) is 8.42 Å². The van der Waals surface area contributed by atoms with Crippen LogP contribution in [0.4, 0.5) is 5.69 Å². The number of hydrogen-bond acceptors (Lipinski definition) is 5. The van der Waals surface area contributed by atoms with Crippen molar-refractivity contribution in [2.45, 2.75) is 12.8 Å². The summed E-state index contributed by atoms with van der Waals surface area (Å²) < 4.78 is 31.5. The van der Waals surface area contributed by atoms with Crippen molar-refractivity contribution in [2.24, 2.45) is 0 Å². The Morgan fingerprint density at radius 1 is 1.19 bits per heavy atom. The lowest BCUT2D eigenvalue weighted by Gasteiger charge is -2.35. The van der Waals surface area contributed by atoms with E-state index in [1.165, 1.54) is 4.31 Å². The molecule has 0 unspecified atom stereocenters. The molecule has 1 saturated heterocycles. The highest BCUT2D eigenvalue weighted by Crippen LogP contribution is 2.21. The van der Waals surface area contributed by atoms with Gasteiger partial charge < -0.3 is 15.0 Å². The van der Waals surface area contributed by atoms with E-state index in [1.807, 2.05) is 24.3 Å². The summed E-state index contributed by atoms with van der Waals surface area (Å²) in [5.74, 6) is 0.972. The van der Waals surface area contributed by atoms with Gasteiger partial charge in [0.1, 0.15) is 5.75 Å². The molecular formula is C17H26ClN3O4S. The van der Waals surface area contributed by atoms with Gasteiger partial charge in [-0.2, -0.15) is 4.31 Å². The summed E-state index contributed by atoms with van der Waals surface area (Å²) in [6, 6.07) is 7.73. The van der Waals surface area contributed by atoms with Crippen molar-refractivity contribution in [3.8, 4) is 5.75 Å². The van der Waals surface area contributed by atoms with Crippen LogP contribution in [0.15, 0.2) is 24.3 Å². The van der Waals surface area contributed by atoms with E-state index in [-0.39, 0.29) is 18.2 Å². The first kappa shape index (κ1) is 20.8. The van der Waals surface area contributed by atoms with Crippen LogP contribution in [0.5, 0.6) is 5.75 Å². The third-order valence-electron chi connectivity index (χ3n) is 4.29. The van der Waals surface area contributed by atoms with E-state index in [2.05, 4.69) is 10.2 Å². The quantitative estimate of drug-likeness (QED) is 0.628. The minimum atomic E-state index is -3.37. The topological polar surface area (TPSA) is 79.0 Å². The van der Waals surface area contributed by atoms with E-state index in [1.54, 1.807) is 7.11 Å². The SMILES string of the molecule is COc1ccc(N2CCN(S(=O)(=O)CCNC(=O)CCCCl)CC2)cc1. The minimum Gasteiger partial charge on any atom is -0.497 e. The molecule has 146 valence electrons. The minimum absolute atomic E-state index is 0.0812. The number of piperazine rings is 1. The summed E-state index contributed by atoms with van der Waals surface area (Å²) in [4.78, 5) is 13.7. The fraction of sp³-hybridized carbons (Fsp3) is 0.588. The highest BCUT2D eigenvalue weighted by atomic mass is 35.5. The van der Waals surface area contributed by atoms with Gasteiger partial charge in [-0.1, -0.05) is 0 Å². The third kappa shape index (κ3) is 6.03.